The van der Waals surface area contributed by atoms with Gasteiger partial charge in [0.05, 0.1) is 13.3 Å². The number of esters is 1. The Balaban J connectivity index is 3.74. The first kappa shape index (κ1) is 15.8. The lowest BCUT2D eigenvalue weighted by Crippen LogP contribution is -2.22. The molecule has 0 aromatic carbocycles. The fraction of sp³-hybridized carbons (Fsp3) is 0.917. The molecule has 0 amide bonds. The van der Waals surface area contributed by atoms with Crippen LogP contribution in [0, 0.1) is 5.92 Å². The van der Waals surface area contributed by atoms with E-state index in [1.807, 2.05) is 20.8 Å². The number of alkyl halides is 1. The van der Waals surface area contributed by atoms with E-state index in [4.69, 9.17) is 4.74 Å². The van der Waals surface area contributed by atoms with E-state index in [2.05, 4.69) is 0 Å². The number of hydrogen-bond donors (Lipinski definition) is 0. The summed E-state index contributed by atoms with van der Waals surface area (Å²) in [7, 11) is 0. The summed E-state index contributed by atoms with van der Waals surface area (Å²) in [4.78, 5) is 11.6. The van der Waals surface area contributed by atoms with Gasteiger partial charge in [0.2, 0.25) is 0 Å². The van der Waals surface area contributed by atoms with Gasteiger partial charge in [0.25, 0.3) is 0 Å². The van der Waals surface area contributed by atoms with E-state index in [-0.39, 0.29) is 17.9 Å². The summed E-state index contributed by atoms with van der Waals surface area (Å²) in [6.07, 6.45) is 2.19. The van der Waals surface area contributed by atoms with Gasteiger partial charge < -0.3 is 4.74 Å². The molecular formula is C12H23FO2S. The molecule has 16 heavy (non-hydrogen) atoms. The number of carbonyl (C=O) groups excluding carboxylic acids is 1. The molecule has 0 aromatic rings. The lowest BCUT2D eigenvalue weighted by atomic mass is 10.2. The molecule has 96 valence electrons. The zero-order valence-corrected chi connectivity index (χ0v) is 11.3. The van der Waals surface area contributed by atoms with Crippen LogP contribution in [0.4, 0.5) is 4.39 Å². The summed E-state index contributed by atoms with van der Waals surface area (Å²) in [6.45, 7) is 6.23. The van der Waals surface area contributed by atoms with Gasteiger partial charge in [0, 0.05) is 0 Å². The number of thioether (sulfide) groups is 1. The van der Waals surface area contributed by atoms with Gasteiger partial charge in [-0.05, 0) is 30.9 Å². The Morgan fingerprint density at radius 2 is 2.06 bits per heavy atom. The predicted octanol–water partition coefficient (Wildman–Crippen LogP) is 3.45. The summed E-state index contributed by atoms with van der Waals surface area (Å²) in [5.74, 6) is 1.08. The number of halogens is 1. The van der Waals surface area contributed by atoms with Crippen molar-refractivity contribution in [2.45, 2.75) is 45.3 Å². The van der Waals surface area contributed by atoms with Crippen LogP contribution in [0.15, 0.2) is 0 Å². The topological polar surface area (TPSA) is 26.3 Å². The monoisotopic (exact) mass is 250 g/mol. The Kier molecular flexibility index (Phi) is 9.78. The second-order valence-electron chi connectivity index (χ2n) is 4.19. The SMILES string of the molecule is CCC(SCCCCF)C(=O)OCC(C)C. The molecule has 2 nitrogen and oxygen atoms in total. The number of unbranched alkanes of at least 4 members (excludes halogenated alkanes) is 1. The third kappa shape index (κ3) is 7.97. The van der Waals surface area contributed by atoms with Crippen molar-refractivity contribution < 1.29 is 13.9 Å². The highest BCUT2D eigenvalue weighted by Crippen LogP contribution is 2.18. The summed E-state index contributed by atoms with van der Waals surface area (Å²) < 4.78 is 17.0. The van der Waals surface area contributed by atoms with Crippen molar-refractivity contribution in [3.63, 3.8) is 0 Å². The van der Waals surface area contributed by atoms with Crippen molar-refractivity contribution in [1.82, 2.24) is 0 Å². The molecule has 0 bridgehead atoms. The number of ether oxygens (including phenoxy) is 1. The van der Waals surface area contributed by atoms with Gasteiger partial charge >= 0.3 is 5.97 Å². The van der Waals surface area contributed by atoms with Crippen LogP contribution >= 0.6 is 11.8 Å². The van der Waals surface area contributed by atoms with Gasteiger partial charge in [-0.25, -0.2) is 0 Å². The maximum Gasteiger partial charge on any atom is 0.319 e. The Bertz CT molecular complexity index is 186. The molecule has 0 spiro atoms. The fourth-order valence-corrected chi connectivity index (χ4v) is 2.21. The maximum atomic E-state index is 11.9. The molecule has 0 aromatic heterocycles. The quantitative estimate of drug-likeness (QED) is 0.463. The first-order chi connectivity index (χ1) is 7.61. The third-order valence-corrected chi connectivity index (χ3v) is 3.49. The van der Waals surface area contributed by atoms with Crippen molar-refractivity contribution >= 4 is 17.7 Å². The van der Waals surface area contributed by atoms with Crippen LogP contribution in [0.3, 0.4) is 0 Å². The van der Waals surface area contributed by atoms with Gasteiger partial charge in [-0.15, -0.1) is 11.8 Å². The highest BCUT2D eigenvalue weighted by atomic mass is 32.2. The molecule has 1 unspecified atom stereocenters. The summed E-state index contributed by atoms with van der Waals surface area (Å²) >= 11 is 1.58. The standard InChI is InChI=1S/C12H23FO2S/c1-4-11(16-8-6-5-7-13)12(14)15-9-10(2)3/h10-11H,4-9H2,1-3H3. The minimum Gasteiger partial charge on any atom is -0.465 e. The molecule has 1 atom stereocenters. The van der Waals surface area contributed by atoms with Crippen molar-refractivity contribution in [3.05, 3.63) is 0 Å². The van der Waals surface area contributed by atoms with Crippen molar-refractivity contribution in [3.8, 4) is 0 Å². The van der Waals surface area contributed by atoms with E-state index >= 15 is 0 Å². The van der Waals surface area contributed by atoms with E-state index in [9.17, 15) is 9.18 Å². The molecule has 0 rings (SSSR count). The molecular weight excluding hydrogens is 227 g/mol. The highest BCUT2D eigenvalue weighted by Gasteiger charge is 2.18. The molecule has 0 saturated heterocycles. The molecule has 4 heteroatoms. The van der Waals surface area contributed by atoms with E-state index in [1.54, 1.807) is 11.8 Å². The molecule has 0 saturated carbocycles. The van der Waals surface area contributed by atoms with Crippen molar-refractivity contribution in [2.24, 2.45) is 5.92 Å². The molecule has 0 radical (unpaired) electrons. The number of carbonyl (C=O) groups is 1. The smallest absolute Gasteiger partial charge is 0.319 e. The lowest BCUT2D eigenvalue weighted by Gasteiger charge is -2.14. The average Bonchev–Trinajstić information content (AvgIpc) is 2.26. The van der Waals surface area contributed by atoms with Crippen LogP contribution in [-0.2, 0) is 9.53 Å². The third-order valence-electron chi connectivity index (χ3n) is 2.04. The molecule has 0 fully saturated rings. The molecule has 0 N–H and O–H groups in total. The first-order valence-corrected chi connectivity index (χ1v) is 7.00. The van der Waals surface area contributed by atoms with Crippen molar-refractivity contribution in [1.29, 1.82) is 0 Å². The molecule has 0 aliphatic rings. The van der Waals surface area contributed by atoms with Crippen LogP contribution in [0.25, 0.3) is 0 Å². The van der Waals surface area contributed by atoms with Crippen LogP contribution in [0.2, 0.25) is 0 Å². The van der Waals surface area contributed by atoms with E-state index in [0.717, 1.165) is 18.6 Å². The molecule has 0 aliphatic heterocycles. The highest BCUT2D eigenvalue weighted by molar-refractivity contribution is 8.00. The minimum atomic E-state index is -0.269. The van der Waals surface area contributed by atoms with Crippen LogP contribution in [-0.4, -0.2) is 30.3 Å². The van der Waals surface area contributed by atoms with E-state index < -0.39 is 0 Å². The van der Waals surface area contributed by atoms with Crippen LogP contribution in [0.5, 0.6) is 0 Å². The van der Waals surface area contributed by atoms with Crippen LogP contribution < -0.4 is 0 Å². The van der Waals surface area contributed by atoms with Gasteiger partial charge in [0.1, 0.15) is 5.25 Å². The van der Waals surface area contributed by atoms with Crippen LogP contribution in [0.1, 0.15) is 40.0 Å². The minimum absolute atomic E-state index is 0.0849. The summed E-state index contributed by atoms with van der Waals surface area (Å²) in [6, 6.07) is 0. The average molecular weight is 250 g/mol. The molecule has 0 aliphatic carbocycles. The fourth-order valence-electron chi connectivity index (χ4n) is 1.12. The number of hydrogen-bond acceptors (Lipinski definition) is 3. The zero-order chi connectivity index (χ0) is 12.4. The largest absolute Gasteiger partial charge is 0.465 e. The van der Waals surface area contributed by atoms with E-state index in [0.29, 0.717) is 18.9 Å². The second kappa shape index (κ2) is 9.94. The maximum absolute atomic E-state index is 11.9. The zero-order valence-electron chi connectivity index (χ0n) is 10.5. The first-order valence-electron chi connectivity index (χ1n) is 5.96. The number of rotatable bonds is 9. The van der Waals surface area contributed by atoms with E-state index in [1.165, 1.54) is 0 Å². The van der Waals surface area contributed by atoms with Gasteiger partial charge in [0.15, 0.2) is 0 Å². The Labute approximate surface area is 102 Å². The predicted molar refractivity (Wildman–Crippen MR) is 67.5 cm³/mol. The van der Waals surface area contributed by atoms with Gasteiger partial charge in [-0.3, -0.25) is 9.18 Å². The lowest BCUT2D eigenvalue weighted by molar-refractivity contribution is -0.144. The molecule has 0 heterocycles. The van der Waals surface area contributed by atoms with Gasteiger partial charge in [-0.2, -0.15) is 0 Å². The second-order valence-corrected chi connectivity index (χ2v) is 5.50. The Hall–Kier alpha value is -0.250. The Morgan fingerprint density at radius 3 is 2.56 bits per heavy atom. The Morgan fingerprint density at radius 1 is 1.38 bits per heavy atom. The summed E-state index contributed by atoms with van der Waals surface area (Å²) in [5.41, 5.74) is 0. The normalized spacial score (nSPS) is 12.8. The van der Waals surface area contributed by atoms with Crippen molar-refractivity contribution in [2.75, 3.05) is 19.0 Å². The van der Waals surface area contributed by atoms with Gasteiger partial charge in [-0.1, -0.05) is 20.8 Å². The summed E-state index contributed by atoms with van der Waals surface area (Å²) in [5, 5.41) is -0.0849.